The molecule has 1 atom stereocenters. The Kier molecular flexibility index (Phi) is 8.53. The molecule has 2 aromatic carbocycles. The molecule has 28 heavy (non-hydrogen) atoms. The van der Waals surface area contributed by atoms with Gasteiger partial charge in [0.1, 0.15) is 0 Å². The Labute approximate surface area is 168 Å². The first-order valence-electron chi connectivity index (χ1n) is 9.93. The fourth-order valence-electron chi connectivity index (χ4n) is 2.85. The smallest absolute Gasteiger partial charge is 0.221 e. The van der Waals surface area contributed by atoms with Crippen molar-refractivity contribution in [1.29, 1.82) is 0 Å². The number of nitrogens with one attached hydrogen (secondary N) is 3. The molecule has 0 spiro atoms. The molecule has 0 aliphatic heterocycles. The highest BCUT2D eigenvalue weighted by molar-refractivity contribution is 5.88. The number of carbonyl (C=O) groups is 1. The van der Waals surface area contributed by atoms with E-state index >= 15 is 0 Å². The van der Waals surface area contributed by atoms with Gasteiger partial charge in [-0.25, -0.2) is 0 Å². The van der Waals surface area contributed by atoms with Crippen molar-refractivity contribution in [2.24, 2.45) is 4.99 Å². The minimum atomic E-state index is -0.0548. The number of hydrogen-bond acceptors (Lipinski definition) is 2. The highest BCUT2D eigenvalue weighted by Crippen LogP contribution is 2.16. The third kappa shape index (κ3) is 7.43. The SMILES string of the molecule is CCNC(=NCC(C)c1ccc(C)cc1)NCCc1ccc(NC(C)=O)cc1. The highest BCUT2D eigenvalue weighted by Gasteiger charge is 2.06. The van der Waals surface area contributed by atoms with Crippen molar-refractivity contribution in [3.05, 3.63) is 65.2 Å². The van der Waals surface area contributed by atoms with E-state index in [1.165, 1.54) is 23.6 Å². The average Bonchev–Trinajstić information content (AvgIpc) is 2.67. The zero-order valence-corrected chi connectivity index (χ0v) is 17.4. The molecule has 1 amide bonds. The predicted molar refractivity (Wildman–Crippen MR) is 118 cm³/mol. The van der Waals surface area contributed by atoms with Crippen molar-refractivity contribution in [2.45, 2.75) is 40.0 Å². The number of guanidine groups is 1. The van der Waals surface area contributed by atoms with Gasteiger partial charge in [0.25, 0.3) is 0 Å². The molecule has 3 N–H and O–H groups in total. The molecule has 5 nitrogen and oxygen atoms in total. The van der Waals surface area contributed by atoms with Crippen molar-refractivity contribution in [3.8, 4) is 0 Å². The summed E-state index contributed by atoms with van der Waals surface area (Å²) in [5, 5.41) is 9.49. The molecule has 0 bridgehead atoms. The molecule has 0 aliphatic carbocycles. The van der Waals surface area contributed by atoms with Gasteiger partial charge in [0.2, 0.25) is 5.91 Å². The topological polar surface area (TPSA) is 65.5 Å². The number of aliphatic imine (C=N–C) groups is 1. The van der Waals surface area contributed by atoms with Crippen molar-refractivity contribution in [3.63, 3.8) is 0 Å². The standard InChI is InChI=1S/C23H32N4O/c1-5-24-23(26-16-18(3)21-10-6-17(2)7-11-21)25-15-14-20-8-12-22(13-9-20)27-19(4)28/h6-13,18H,5,14-16H2,1-4H3,(H,27,28)(H2,24,25,26). The van der Waals surface area contributed by atoms with Crippen LogP contribution in [0.15, 0.2) is 53.5 Å². The maximum atomic E-state index is 11.1. The number of hydrogen-bond donors (Lipinski definition) is 3. The molecule has 0 aromatic heterocycles. The lowest BCUT2D eigenvalue weighted by molar-refractivity contribution is -0.114. The van der Waals surface area contributed by atoms with E-state index < -0.39 is 0 Å². The van der Waals surface area contributed by atoms with Gasteiger partial charge in [-0.05, 0) is 43.5 Å². The molecule has 2 rings (SSSR count). The second kappa shape index (κ2) is 11.1. The quantitative estimate of drug-likeness (QED) is 0.481. The van der Waals surface area contributed by atoms with Crippen molar-refractivity contribution in [2.75, 3.05) is 25.0 Å². The van der Waals surface area contributed by atoms with Crippen LogP contribution < -0.4 is 16.0 Å². The lowest BCUT2D eigenvalue weighted by Gasteiger charge is -2.14. The highest BCUT2D eigenvalue weighted by atomic mass is 16.1. The monoisotopic (exact) mass is 380 g/mol. The Balaban J connectivity index is 1.85. The summed E-state index contributed by atoms with van der Waals surface area (Å²) in [5.41, 5.74) is 4.62. The third-order valence-corrected chi connectivity index (χ3v) is 4.49. The van der Waals surface area contributed by atoms with Gasteiger partial charge < -0.3 is 16.0 Å². The van der Waals surface area contributed by atoms with Crippen molar-refractivity contribution in [1.82, 2.24) is 10.6 Å². The van der Waals surface area contributed by atoms with E-state index in [1.807, 2.05) is 24.3 Å². The number of anilines is 1. The molecule has 0 fully saturated rings. The molecule has 2 aromatic rings. The van der Waals surface area contributed by atoms with Crippen LogP contribution in [-0.2, 0) is 11.2 Å². The number of carbonyl (C=O) groups excluding carboxylic acids is 1. The molecule has 0 radical (unpaired) electrons. The van der Waals surface area contributed by atoms with E-state index in [9.17, 15) is 4.79 Å². The molecule has 0 saturated carbocycles. The van der Waals surface area contributed by atoms with E-state index in [0.717, 1.165) is 37.7 Å². The normalized spacial score (nSPS) is 12.4. The Hall–Kier alpha value is -2.82. The minimum absolute atomic E-state index is 0.0548. The lowest BCUT2D eigenvalue weighted by atomic mass is 10.0. The van der Waals surface area contributed by atoms with Crippen LogP contribution in [0, 0.1) is 6.92 Å². The molecule has 0 aliphatic rings. The fraction of sp³-hybridized carbons (Fsp3) is 0.391. The van der Waals surface area contributed by atoms with Gasteiger partial charge in [-0.1, -0.05) is 48.9 Å². The summed E-state index contributed by atoms with van der Waals surface area (Å²) in [6, 6.07) is 16.6. The van der Waals surface area contributed by atoms with Gasteiger partial charge in [-0.15, -0.1) is 0 Å². The third-order valence-electron chi connectivity index (χ3n) is 4.49. The van der Waals surface area contributed by atoms with Crippen LogP contribution in [0.3, 0.4) is 0 Å². The van der Waals surface area contributed by atoms with Crippen LogP contribution in [0.25, 0.3) is 0 Å². The first kappa shape index (κ1) is 21.5. The summed E-state index contributed by atoms with van der Waals surface area (Å²) in [6.07, 6.45) is 0.887. The largest absolute Gasteiger partial charge is 0.357 e. The van der Waals surface area contributed by atoms with Gasteiger partial charge in [-0.2, -0.15) is 0 Å². The Morgan fingerprint density at radius 1 is 1.04 bits per heavy atom. The number of amides is 1. The lowest BCUT2D eigenvalue weighted by Crippen LogP contribution is -2.38. The van der Waals surface area contributed by atoms with Crippen molar-refractivity contribution < 1.29 is 4.79 Å². The van der Waals surface area contributed by atoms with Crippen LogP contribution >= 0.6 is 0 Å². The Bertz CT molecular complexity index is 766. The van der Waals surface area contributed by atoms with Gasteiger partial charge in [-0.3, -0.25) is 9.79 Å². The second-order valence-corrected chi connectivity index (χ2v) is 7.09. The summed E-state index contributed by atoms with van der Waals surface area (Å²) >= 11 is 0. The summed E-state index contributed by atoms with van der Waals surface area (Å²) in [6.45, 7) is 10.3. The first-order chi connectivity index (χ1) is 13.5. The molecule has 0 saturated heterocycles. The van der Waals surface area contributed by atoms with Crippen LogP contribution in [0.5, 0.6) is 0 Å². The van der Waals surface area contributed by atoms with E-state index in [1.54, 1.807) is 0 Å². The maximum Gasteiger partial charge on any atom is 0.221 e. The predicted octanol–water partition coefficient (Wildman–Crippen LogP) is 3.85. The number of nitrogens with zero attached hydrogens (tertiary/aromatic N) is 1. The van der Waals surface area contributed by atoms with Crippen LogP contribution in [-0.4, -0.2) is 31.5 Å². The first-order valence-corrected chi connectivity index (χ1v) is 9.93. The molecule has 1 unspecified atom stereocenters. The summed E-state index contributed by atoms with van der Waals surface area (Å²) in [4.78, 5) is 15.8. The summed E-state index contributed by atoms with van der Waals surface area (Å²) < 4.78 is 0. The van der Waals surface area contributed by atoms with Crippen molar-refractivity contribution >= 4 is 17.6 Å². The number of aryl methyl sites for hydroxylation is 1. The van der Waals surface area contributed by atoms with Crippen LogP contribution in [0.2, 0.25) is 0 Å². The van der Waals surface area contributed by atoms with Gasteiger partial charge >= 0.3 is 0 Å². The van der Waals surface area contributed by atoms with Gasteiger partial charge in [0.15, 0.2) is 5.96 Å². The minimum Gasteiger partial charge on any atom is -0.357 e. The molecular formula is C23H32N4O. The van der Waals surface area contributed by atoms with E-state index in [4.69, 9.17) is 4.99 Å². The van der Waals surface area contributed by atoms with E-state index in [0.29, 0.717) is 5.92 Å². The Morgan fingerprint density at radius 2 is 1.71 bits per heavy atom. The van der Waals surface area contributed by atoms with Gasteiger partial charge in [0, 0.05) is 38.2 Å². The molecule has 0 heterocycles. The van der Waals surface area contributed by atoms with Gasteiger partial charge in [0.05, 0.1) is 0 Å². The maximum absolute atomic E-state index is 11.1. The summed E-state index contributed by atoms with van der Waals surface area (Å²) in [5.74, 6) is 1.16. The molecule has 5 heteroatoms. The second-order valence-electron chi connectivity index (χ2n) is 7.09. The number of benzene rings is 2. The average molecular weight is 381 g/mol. The van der Waals surface area contributed by atoms with E-state index in [2.05, 4.69) is 61.0 Å². The van der Waals surface area contributed by atoms with Crippen LogP contribution in [0.1, 0.15) is 43.4 Å². The Morgan fingerprint density at radius 3 is 2.32 bits per heavy atom. The zero-order valence-electron chi connectivity index (χ0n) is 17.4. The zero-order chi connectivity index (χ0) is 20.4. The van der Waals surface area contributed by atoms with Crippen LogP contribution in [0.4, 0.5) is 5.69 Å². The number of rotatable bonds is 8. The van der Waals surface area contributed by atoms with E-state index in [-0.39, 0.29) is 5.91 Å². The molecular weight excluding hydrogens is 348 g/mol. The molecule has 150 valence electrons. The summed E-state index contributed by atoms with van der Waals surface area (Å²) in [7, 11) is 0. The fourth-order valence-corrected chi connectivity index (χ4v) is 2.85.